The highest BCUT2D eigenvalue weighted by atomic mass is 19.4. The fraction of sp³-hybridized carbons (Fsp3) is 0.214. The molecule has 0 atom stereocenters. The minimum absolute atomic E-state index is 0.110. The topological polar surface area (TPSA) is 117 Å². The van der Waals surface area contributed by atoms with Gasteiger partial charge in [-0.15, -0.1) is 0 Å². The summed E-state index contributed by atoms with van der Waals surface area (Å²) in [4.78, 5) is 39.3. The second-order valence-electron chi connectivity index (χ2n) is 9.77. The Hall–Kier alpha value is -5.06. The molecule has 1 aliphatic rings. The standard InChI is InChI=1S/C28H20F6N4O4/c1-26(2)24(41)38(20-10-6-16(13-35)21(12-20)28(32,33)34)25(42)37(26)14-17-3-7-18(27(29,30)31)11-22(17)36-19-8-4-15(5-9-19)23(39)40/h3-12,36H,14H2,1-2H3,(H,39,40)/p-1. The van der Waals surface area contributed by atoms with Gasteiger partial charge in [0, 0.05) is 11.4 Å². The predicted molar refractivity (Wildman–Crippen MR) is 134 cm³/mol. The summed E-state index contributed by atoms with van der Waals surface area (Å²) >= 11 is 0. The highest BCUT2D eigenvalue weighted by molar-refractivity contribution is 6.23. The maximum Gasteiger partial charge on any atom is 0.417 e. The van der Waals surface area contributed by atoms with Gasteiger partial charge in [-0.1, -0.05) is 18.2 Å². The lowest BCUT2D eigenvalue weighted by Gasteiger charge is -2.29. The summed E-state index contributed by atoms with van der Waals surface area (Å²) in [7, 11) is 0. The van der Waals surface area contributed by atoms with E-state index in [-0.39, 0.29) is 22.5 Å². The molecule has 1 aliphatic heterocycles. The van der Waals surface area contributed by atoms with E-state index < -0.39 is 64.7 Å². The van der Waals surface area contributed by atoms with Crippen molar-refractivity contribution in [3.63, 3.8) is 0 Å². The van der Waals surface area contributed by atoms with Crippen LogP contribution in [0.2, 0.25) is 0 Å². The molecule has 1 heterocycles. The molecule has 0 aromatic heterocycles. The van der Waals surface area contributed by atoms with E-state index in [4.69, 9.17) is 5.26 Å². The van der Waals surface area contributed by atoms with Gasteiger partial charge in [0.15, 0.2) is 0 Å². The highest BCUT2D eigenvalue weighted by Crippen LogP contribution is 2.40. The fourth-order valence-corrected chi connectivity index (χ4v) is 4.35. The number of hydrogen-bond donors (Lipinski definition) is 1. The van der Waals surface area contributed by atoms with Crippen molar-refractivity contribution >= 4 is 35.0 Å². The molecule has 1 fully saturated rings. The molecular weight excluding hydrogens is 570 g/mol. The number of aromatic carboxylic acids is 1. The van der Waals surface area contributed by atoms with Crippen LogP contribution >= 0.6 is 0 Å². The van der Waals surface area contributed by atoms with Crippen LogP contribution in [0, 0.1) is 11.3 Å². The minimum Gasteiger partial charge on any atom is -0.545 e. The fourth-order valence-electron chi connectivity index (χ4n) is 4.35. The van der Waals surface area contributed by atoms with Gasteiger partial charge in [0.05, 0.1) is 41.0 Å². The summed E-state index contributed by atoms with van der Waals surface area (Å²) in [6.45, 7) is 2.23. The van der Waals surface area contributed by atoms with Crippen molar-refractivity contribution in [3.8, 4) is 6.07 Å². The first kappa shape index (κ1) is 29.9. The maximum absolute atomic E-state index is 13.5. The number of rotatable bonds is 6. The number of carbonyl (C=O) groups excluding carboxylic acids is 3. The minimum atomic E-state index is -4.96. The van der Waals surface area contributed by atoms with Crippen LogP contribution in [0.1, 0.15) is 46.5 Å². The molecule has 14 heteroatoms. The lowest BCUT2D eigenvalue weighted by molar-refractivity contribution is -0.255. The van der Waals surface area contributed by atoms with Crippen LogP contribution in [0.4, 0.5) is 48.2 Å². The summed E-state index contributed by atoms with van der Waals surface area (Å²) in [5.41, 5.74) is -5.18. The van der Waals surface area contributed by atoms with Gasteiger partial charge in [-0.05, 0) is 67.4 Å². The molecule has 3 aromatic carbocycles. The molecule has 0 bridgehead atoms. The number of alkyl halides is 6. The molecular formula is C28H19F6N4O4-. The Morgan fingerprint density at radius 3 is 2.14 bits per heavy atom. The van der Waals surface area contributed by atoms with Crippen molar-refractivity contribution in [2.75, 3.05) is 10.2 Å². The van der Waals surface area contributed by atoms with Gasteiger partial charge in [-0.3, -0.25) is 4.79 Å². The van der Waals surface area contributed by atoms with Crippen molar-refractivity contribution in [2.45, 2.75) is 38.3 Å². The zero-order valence-electron chi connectivity index (χ0n) is 21.7. The number of carbonyl (C=O) groups is 3. The number of nitriles is 1. The molecule has 218 valence electrons. The largest absolute Gasteiger partial charge is 0.545 e. The van der Waals surface area contributed by atoms with Crippen molar-refractivity contribution in [1.29, 1.82) is 5.26 Å². The number of urea groups is 1. The van der Waals surface area contributed by atoms with Gasteiger partial charge < -0.3 is 20.1 Å². The first-order valence-corrected chi connectivity index (χ1v) is 12.0. The van der Waals surface area contributed by atoms with E-state index in [0.29, 0.717) is 11.0 Å². The Bertz CT molecular complexity index is 1630. The number of carboxylic acids is 1. The lowest BCUT2D eigenvalue weighted by atomic mass is 10.0. The number of hydrogen-bond acceptors (Lipinski definition) is 6. The van der Waals surface area contributed by atoms with Gasteiger partial charge in [0.2, 0.25) is 0 Å². The van der Waals surface area contributed by atoms with Crippen molar-refractivity contribution < 1.29 is 45.8 Å². The summed E-state index contributed by atoms with van der Waals surface area (Å²) < 4.78 is 81.2. The Kier molecular flexibility index (Phi) is 7.41. The van der Waals surface area contributed by atoms with Crippen LogP contribution in [-0.2, 0) is 23.7 Å². The third kappa shape index (κ3) is 5.58. The summed E-state index contributed by atoms with van der Waals surface area (Å²) in [5, 5.41) is 22.8. The number of anilines is 3. The third-order valence-electron chi connectivity index (χ3n) is 6.68. The Morgan fingerprint density at radius 2 is 1.60 bits per heavy atom. The molecule has 42 heavy (non-hydrogen) atoms. The average molecular weight is 589 g/mol. The zero-order chi connectivity index (χ0) is 31.2. The first-order valence-electron chi connectivity index (χ1n) is 12.0. The molecule has 4 rings (SSSR count). The zero-order valence-corrected chi connectivity index (χ0v) is 21.7. The Balaban J connectivity index is 1.73. The van der Waals surface area contributed by atoms with Crippen LogP contribution in [0.25, 0.3) is 0 Å². The van der Waals surface area contributed by atoms with Crippen molar-refractivity contribution in [2.24, 2.45) is 0 Å². The van der Waals surface area contributed by atoms with E-state index in [2.05, 4.69) is 5.32 Å². The van der Waals surface area contributed by atoms with Crippen LogP contribution < -0.4 is 15.3 Å². The first-order chi connectivity index (χ1) is 19.4. The van der Waals surface area contributed by atoms with Crippen LogP contribution in [0.15, 0.2) is 60.7 Å². The third-order valence-corrected chi connectivity index (χ3v) is 6.68. The predicted octanol–water partition coefficient (Wildman–Crippen LogP) is 5.45. The van der Waals surface area contributed by atoms with E-state index >= 15 is 0 Å². The number of benzene rings is 3. The maximum atomic E-state index is 13.5. The van der Waals surface area contributed by atoms with E-state index in [9.17, 15) is 45.8 Å². The number of imide groups is 1. The quantitative estimate of drug-likeness (QED) is 0.302. The van der Waals surface area contributed by atoms with Gasteiger partial charge in [-0.25, -0.2) is 9.69 Å². The van der Waals surface area contributed by atoms with Crippen LogP contribution in [0.3, 0.4) is 0 Å². The number of amides is 3. The van der Waals surface area contributed by atoms with Crippen LogP contribution in [0.5, 0.6) is 0 Å². The second-order valence-corrected chi connectivity index (χ2v) is 9.77. The molecule has 0 unspecified atom stereocenters. The van der Waals surface area contributed by atoms with E-state index in [1.54, 1.807) is 0 Å². The van der Waals surface area contributed by atoms with E-state index in [0.717, 1.165) is 35.2 Å². The number of nitrogens with zero attached hydrogens (tertiary/aromatic N) is 3. The number of nitrogens with one attached hydrogen (secondary N) is 1. The monoisotopic (exact) mass is 589 g/mol. The number of halogens is 6. The summed E-state index contributed by atoms with van der Waals surface area (Å²) in [6.07, 6.45) is -9.70. The molecule has 3 aromatic rings. The average Bonchev–Trinajstić information content (AvgIpc) is 3.07. The molecule has 1 saturated heterocycles. The van der Waals surface area contributed by atoms with Gasteiger partial charge >= 0.3 is 18.4 Å². The summed E-state index contributed by atoms with van der Waals surface area (Å²) in [6, 6.07) is 10.3. The Morgan fingerprint density at radius 1 is 0.952 bits per heavy atom. The van der Waals surface area contributed by atoms with Crippen LogP contribution in [-0.4, -0.2) is 28.3 Å². The SMILES string of the molecule is CC1(C)C(=O)N(c2ccc(C#N)c(C(F)(F)F)c2)C(=O)N1Cc1ccc(C(F)(F)F)cc1Nc1ccc(C(=O)[O-])cc1. The molecule has 0 radical (unpaired) electrons. The molecule has 0 saturated carbocycles. The van der Waals surface area contributed by atoms with Crippen molar-refractivity contribution in [1.82, 2.24) is 4.90 Å². The second kappa shape index (κ2) is 10.4. The normalized spacial score (nSPS) is 15.1. The van der Waals surface area contributed by atoms with E-state index in [1.807, 2.05) is 0 Å². The van der Waals surface area contributed by atoms with E-state index in [1.165, 1.54) is 44.2 Å². The summed E-state index contributed by atoms with van der Waals surface area (Å²) in [5.74, 6) is -2.36. The Labute approximate surface area is 234 Å². The molecule has 0 spiro atoms. The van der Waals surface area contributed by atoms with Gasteiger partial charge in [0.1, 0.15) is 5.54 Å². The van der Waals surface area contributed by atoms with Gasteiger partial charge in [0.25, 0.3) is 5.91 Å². The molecule has 1 N–H and O–H groups in total. The smallest absolute Gasteiger partial charge is 0.417 e. The molecule has 3 amide bonds. The highest BCUT2D eigenvalue weighted by Gasteiger charge is 2.52. The molecule has 0 aliphatic carbocycles. The van der Waals surface area contributed by atoms with Gasteiger partial charge in [-0.2, -0.15) is 31.6 Å². The number of carboxylic acid groups (broad SMARTS) is 1. The lowest BCUT2D eigenvalue weighted by Crippen LogP contribution is -2.43. The molecule has 8 nitrogen and oxygen atoms in total. The van der Waals surface area contributed by atoms with Crippen molar-refractivity contribution in [3.05, 3.63) is 88.5 Å².